The van der Waals surface area contributed by atoms with Crippen LogP contribution in [-0.2, 0) is 6.54 Å². The van der Waals surface area contributed by atoms with E-state index >= 15 is 0 Å². The highest BCUT2D eigenvalue weighted by atomic mass is 19.1. The van der Waals surface area contributed by atoms with E-state index in [0.29, 0.717) is 6.54 Å². The molecule has 0 fully saturated rings. The maximum Gasteiger partial charge on any atom is 0.131 e. The molecular formula is C14H18F2N2O. The summed E-state index contributed by atoms with van der Waals surface area (Å²) in [4.78, 5) is 0. The third-order valence-corrected chi connectivity index (χ3v) is 2.83. The highest BCUT2D eigenvalue weighted by molar-refractivity contribution is 5.34. The van der Waals surface area contributed by atoms with Gasteiger partial charge in [-0.15, -0.1) is 0 Å². The van der Waals surface area contributed by atoms with Gasteiger partial charge in [0.1, 0.15) is 11.6 Å². The van der Waals surface area contributed by atoms with E-state index in [4.69, 9.17) is 10.4 Å². The molecule has 2 N–H and O–H groups in total. The molecule has 0 atom stereocenters. The second kappa shape index (κ2) is 8.57. The first-order valence-electron chi connectivity index (χ1n) is 6.38. The first kappa shape index (κ1) is 15.5. The molecular weight excluding hydrogens is 250 g/mol. The van der Waals surface area contributed by atoms with Gasteiger partial charge in [0.15, 0.2) is 0 Å². The molecule has 0 saturated carbocycles. The fourth-order valence-corrected chi connectivity index (χ4v) is 1.77. The van der Waals surface area contributed by atoms with Crippen LogP contribution >= 0.6 is 0 Å². The van der Waals surface area contributed by atoms with E-state index in [2.05, 4.69) is 5.32 Å². The SMILES string of the molecule is N#Cc1cc(F)c(CNCCCCCCO)c(F)c1. The normalized spacial score (nSPS) is 10.4. The van der Waals surface area contributed by atoms with Crippen molar-refractivity contribution >= 4 is 0 Å². The van der Waals surface area contributed by atoms with Crippen molar-refractivity contribution in [3.8, 4) is 6.07 Å². The lowest BCUT2D eigenvalue weighted by Crippen LogP contribution is -2.17. The van der Waals surface area contributed by atoms with Crippen LogP contribution < -0.4 is 5.32 Å². The molecule has 19 heavy (non-hydrogen) atoms. The predicted molar refractivity (Wildman–Crippen MR) is 68.3 cm³/mol. The number of hydrogen-bond acceptors (Lipinski definition) is 3. The van der Waals surface area contributed by atoms with Gasteiger partial charge in [-0.25, -0.2) is 8.78 Å². The van der Waals surface area contributed by atoms with Crippen molar-refractivity contribution in [2.24, 2.45) is 0 Å². The van der Waals surface area contributed by atoms with Crippen molar-refractivity contribution < 1.29 is 13.9 Å². The van der Waals surface area contributed by atoms with Crippen LogP contribution in [0.5, 0.6) is 0 Å². The molecule has 0 aliphatic rings. The third kappa shape index (κ3) is 5.33. The molecule has 0 radical (unpaired) electrons. The van der Waals surface area contributed by atoms with Gasteiger partial charge in [-0.3, -0.25) is 0 Å². The zero-order valence-corrected chi connectivity index (χ0v) is 10.8. The third-order valence-electron chi connectivity index (χ3n) is 2.83. The van der Waals surface area contributed by atoms with Gasteiger partial charge in [0.05, 0.1) is 11.6 Å². The summed E-state index contributed by atoms with van der Waals surface area (Å²) in [5, 5.41) is 20.1. The summed E-state index contributed by atoms with van der Waals surface area (Å²) >= 11 is 0. The fourth-order valence-electron chi connectivity index (χ4n) is 1.77. The summed E-state index contributed by atoms with van der Waals surface area (Å²) in [6, 6.07) is 3.80. The topological polar surface area (TPSA) is 56.0 Å². The van der Waals surface area contributed by atoms with Crippen molar-refractivity contribution in [1.29, 1.82) is 5.26 Å². The quantitative estimate of drug-likeness (QED) is 0.712. The van der Waals surface area contributed by atoms with Crippen molar-refractivity contribution in [2.45, 2.75) is 32.2 Å². The molecule has 5 heteroatoms. The number of rotatable bonds is 8. The maximum atomic E-state index is 13.5. The Morgan fingerprint density at radius 1 is 1.11 bits per heavy atom. The van der Waals surface area contributed by atoms with Crippen LogP contribution in [0, 0.1) is 23.0 Å². The van der Waals surface area contributed by atoms with Gasteiger partial charge >= 0.3 is 0 Å². The predicted octanol–water partition coefficient (Wildman–Crippen LogP) is 2.48. The Balaban J connectivity index is 2.36. The number of nitriles is 1. The number of nitrogens with zero attached hydrogens (tertiary/aromatic N) is 1. The summed E-state index contributed by atoms with van der Waals surface area (Å²) in [6.45, 7) is 0.989. The van der Waals surface area contributed by atoms with Crippen LogP contribution in [0.15, 0.2) is 12.1 Å². The van der Waals surface area contributed by atoms with Crippen LogP contribution in [0.4, 0.5) is 8.78 Å². The van der Waals surface area contributed by atoms with Crippen LogP contribution in [0.25, 0.3) is 0 Å². The minimum Gasteiger partial charge on any atom is -0.396 e. The Morgan fingerprint density at radius 2 is 1.74 bits per heavy atom. The Hall–Kier alpha value is -1.51. The van der Waals surface area contributed by atoms with Crippen LogP contribution in [0.3, 0.4) is 0 Å². The summed E-state index contributed by atoms with van der Waals surface area (Å²) in [6.07, 6.45) is 3.63. The molecule has 1 aromatic rings. The van der Waals surface area contributed by atoms with Gasteiger partial charge in [0.25, 0.3) is 0 Å². The first-order valence-corrected chi connectivity index (χ1v) is 6.38. The van der Waals surface area contributed by atoms with Crippen molar-refractivity contribution in [2.75, 3.05) is 13.2 Å². The van der Waals surface area contributed by atoms with E-state index < -0.39 is 11.6 Å². The molecule has 104 valence electrons. The molecule has 1 aromatic carbocycles. The molecule has 0 amide bonds. The summed E-state index contributed by atoms with van der Waals surface area (Å²) < 4.78 is 27.0. The lowest BCUT2D eigenvalue weighted by Gasteiger charge is -2.07. The van der Waals surface area contributed by atoms with E-state index in [-0.39, 0.29) is 24.3 Å². The van der Waals surface area contributed by atoms with Gasteiger partial charge in [-0.2, -0.15) is 5.26 Å². The monoisotopic (exact) mass is 268 g/mol. The van der Waals surface area contributed by atoms with Crippen LogP contribution in [-0.4, -0.2) is 18.3 Å². The van der Waals surface area contributed by atoms with Crippen LogP contribution in [0.1, 0.15) is 36.8 Å². The Morgan fingerprint density at radius 3 is 2.32 bits per heavy atom. The molecule has 0 aromatic heterocycles. The summed E-state index contributed by atoms with van der Waals surface area (Å²) in [5.74, 6) is -1.38. The van der Waals surface area contributed by atoms with E-state index in [9.17, 15) is 8.78 Å². The van der Waals surface area contributed by atoms with Crippen molar-refractivity contribution in [1.82, 2.24) is 5.32 Å². The second-order valence-corrected chi connectivity index (χ2v) is 4.34. The number of nitrogens with one attached hydrogen (secondary N) is 1. The number of benzene rings is 1. The highest BCUT2D eigenvalue weighted by Gasteiger charge is 2.10. The Bertz CT molecular complexity index is 421. The van der Waals surface area contributed by atoms with Gasteiger partial charge < -0.3 is 10.4 Å². The molecule has 0 saturated heterocycles. The van der Waals surface area contributed by atoms with Gasteiger partial charge in [-0.1, -0.05) is 12.8 Å². The highest BCUT2D eigenvalue weighted by Crippen LogP contribution is 2.14. The molecule has 0 aliphatic carbocycles. The molecule has 0 unspecified atom stereocenters. The number of aliphatic hydroxyl groups is 1. The summed E-state index contributed by atoms with van der Waals surface area (Å²) in [7, 11) is 0. The zero-order valence-electron chi connectivity index (χ0n) is 10.8. The first-order chi connectivity index (χ1) is 9.19. The second-order valence-electron chi connectivity index (χ2n) is 4.34. The maximum absolute atomic E-state index is 13.5. The Kier molecular flexibility index (Phi) is 7.01. The van der Waals surface area contributed by atoms with Crippen molar-refractivity contribution in [3.05, 3.63) is 34.9 Å². The van der Waals surface area contributed by atoms with Crippen LogP contribution in [0.2, 0.25) is 0 Å². The molecule has 0 spiro atoms. The number of halogens is 2. The molecule has 0 heterocycles. The average Bonchev–Trinajstić information content (AvgIpc) is 2.40. The molecule has 1 rings (SSSR count). The molecule has 0 aliphatic heterocycles. The van der Waals surface area contributed by atoms with Gasteiger partial charge in [0.2, 0.25) is 0 Å². The Labute approximate surface area is 111 Å². The van der Waals surface area contributed by atoms with E-state index in [1.807, 2.05) is 0 Å². The smallest absolute Gasteiger partial charge is 0.131 e. The minimum atomic E-state index is -0.690. The standard InChI is InChI=1S/C14H18F2N2O/c15-13-7-11(9-17)8-14(16)12(13)10-18-5-3-1-2-4-6-19/h7-8,18-19H,1-6,10H2. The molecule has 0 bridgehead atoms. The number of aliphatic hydroxyl groups excluding tert-OH is 1. The lowest BCUT2D eigenvalue weighted by atomic mass is 10.1. The minimum absolute atomic E-state index is 0.0113. The number of unbranched alkanes of at least 4 members (excludes halogenated alkanes) is 3. The average molecular weight is 268 g/mol. The lowest BCUT2D eigenvalue weighted by molar-refractivity contribution is 0.282. The van der Waals surface area contributed by atoms with Gasteiger partial charge in [0, 0.05) is 18.7 Å². The number of hydrogen-bond donors (Lipinski definition) is 2. The zero-order chi connectivity index (χ0) is 14.1. The van der Waals surface area contributed by atoms with E-state index in [1.165, 1.54) is 0 Å². The van der Waals surface area contributed by atoms with Crippen molar-refractivity contribution in [3.63, 3.8) is 0 Å². The largest absolute Gasteiger partial charge is 0.396 e. The van der Waals surface area contributed by atoms with E-state index in [0.717, 1.165) is 37.8 Å². The summed E-state index contributed by atoms with van der Waals surface area (Å²) in [5.41, 5.74) is -0.0443. The fraction of sp³-hybridized carbons (Fsp3) is 0.500. The van der Waals surface area contributed by atoms with E-state index in [1.54, 1.807) is 6.07 Å². The molecule has 3 nitrogen and oxygen atoms in total. The van der Waals surface area contributed by atoms with Gasteiger partial charge in [-0.05, 0) is 31.5 Å².